The summed E-state index contributed by atoms with van der Waals surface area (Å²) in [5, 5.41) is 0. The Bertz CT molecular complexity index is 379. The van der Waals surface area contributed by atoms with Crippen LogP contribution in [0.25, 0.3) is 0 Å². The topological polar surface area (TPSA) is 27.7 Å². The van der Waals surface area contributed by atoms with Crippen LogP contribution in [0.5, 0.6) is 0 Å². The maximum Gasteiger partial charge on any atom is 0.352 e. The minimum atomic E-state index is -2.52. The SMILES string of the molecule is C=C[Si](C)(OCCCCCCC)O[Si](C)(C=C)OC(C(C)C)C(C)C. The molecule has 0 aliphatic carbocycles. The molecule has 0 aliphatic heterocycles. The van der Waals surface area contributed by atoms with Crippen molar-refractivity contribution in [2.75, 3.05) is 6.61 Å². The molecule has 0 aromatic heterocycles. The van der Waals surface area contributed by atoms with Crippen LogP contribution in [0, 0.1) is 11.8 Å². The van der Waals surface area contributed by atoms with E-state index in [-0.39, 0.29) is 6.10 Å². The lowest BCUT2D eigenvalue weighted by Gasteiger charge is -2.38. The second kappa shape index (κ2) is 12.2. The maximum absolute atomic E-state index is 6.48. The predicted octanol–water partition coefficient (Wildman–Crippen LogP) is 6.28. The summed E-state index contributed by atoms with van der Waals surface area (Å²) in [6, 6.07) is 0. The van der Waals surface area contributed by atoms with Crippen molar-refractivity contribution < 1.29 is 13.0 Å². The lowest BCUT2D eigenvalue weighted by molar-refractivity contribution is 0.0718. The molecular formula is C20H42O3Si2. The van der Waals surface area contributed by atoms with Crippen LogP contribution in [0.2, 0.25) is 13.1 Å². The molecule has 0 aromatic carbocycles. The summed E-state index contributed by atoms with van der Waals surface area (Å²) in [4.78, 5) is 0. The molecule has 0 aromatic rings. The lowest BCUT2D eigenvalue weighted by atomic mass is 9.97. The first kappa shape index (κ1) is 24.8. The van der Waals surface area contributed by atoms with Gasteiger partial charge in [-0.15, -0.1) is 13.2 Å². The molecule has 0 rings (SSSR count). The molecule has 148 valence electrons. The Hall–Kier alpha value is -0.206. The maximum atomic E-state index is 6.48. The first-order valence-corrected chi connectivity index (χ1v) is 14.7. The fourth-order valence-electron chi connectivity index (χ4n) is 2.94. The third kappa shape index (κ3) is 9.90. The van der Waals surface area contributed by atoms with Crippen LogP contribution >= 0.6 is 0 Å². The summed E-state index contributed by atoms with van der Waals surface area (Å²) < 4.78 is 19.1. The van der Waals surface area contributed by atoms with Gasteiger partial charge in [0.05, 0.1) is 6.10 Å². The Balaban J connectivity index is 4.78. The first-order valence-electron chi connectivity index (χ1n) is 9.92. The van der Waals surface area contributed by atoms with Crippen molar-refractivity contribution in [2.24, 2.45) is 11.8 Å². The second-order valence-electron chi connectivity index (χ2n) is 7.88. The van der Waals surface area contributed by atoms with Crippen molar-refractivity contribution in [3.8, 4) is 0 Å². The van der Waals surface area contributed by atoms with Crippen LogP contribution in [0.15, 0.2) is 24.6 Å². The van der Waals surface area contributed by atoms with E-state index in [0.29, 0.717) is 11.8 Å². The third-order valence-electron chi connectivity index (χ3n) is 4.47. The predicted molar refractivity (Wildman–Crippen MR) is 114 cm³/mol. The molecule has 0 aliphatic rings. The minimum Gasteiger partial charge on any atom is -0.409 e. The van der Waals surface area contributed by atoms with E-state index in [1.54, 1.807) is 0 Å². The molecule has 0 N–H and O–H groups in total. The summed E-state index contributed by atoms with van der Waals surface area (Å²) in [6.45, 7) is 23.8. The highest BCUT2D eigenvalue weighted by Crippen LogP contribution is 2.26. The van der Waals surface area contributed by atoms with Gasteiger partial charge in [0.15, 0.2) is 0 Å². The van der Waals surface area contributed by atoms with Crippen LogP contribution in [-0.2, 0) is 13.0 Å². The molecular weight excluding hydrogens is 344 g/mol. The van der Waals surface area contributed by atoms with Crippen LogP contribution < -0.4 is 0 Å². The van der Waals surface area contributed by atoms with Gasteiger partial charge in [0.25, 0.3) is 0 Å². The van der Waals surface area contributed by atoms with Crippen molar-refractivity contribution in [3.05, 3.63) is 24.6 Å². The minimum absolute atomic E-state index is 0.159. The molecule has 5 heteroatoms. The van der Waals surface area contributed by atoms with Gasteiger partial charge in [-0.05, 0) is 31.4 Å². The van der Waals surface area contributed by atoms with Crippen molar-refractivity contribution in [1.29, 1.82) is 0 Å². The largest absolute Gasteiger partial charge is 0.409 e. The van der Waals surface area contributed by atoms with Gasteiger partial charge >= 0.3 is 17.1 Å². The Morgan fingerprint density at radius 2 is 1.36 bits per heavy atom. The van der Waals surface area contributed by atoms with Gasteiger partial charge in [-0.2, -0.15) is 0 Å². The van der Waals surface area contributed by atoms with Crippen LogP contribution in [0.3, 0.4) is 0 Å². The van der Waals surface area contributed by atoms with Crippen LogP contribution in [-0.4, -0.2) is 29.8 Å². The summed E-state index contributed by atoms with van der Waals surface area (Å²) in [5.74, 6) is 0.873. The summed E-state index contributed by atoms with van der Waals surface area (Å²) in [7, 11) is -4.98. The van der Waals surface area contributed by atoms with Gasteiger partial charge in [-0.25, -0.2) is 0 Å². The quantitative estimate of drug-likeness (QED) is 0.245. The van der Waals surface area contributed by atoms with E-state index in [0.717, 1.165) is 13.0 Å². The molecule has 25 heavy (non-hydrogen) atoms. The molecule has 0 amide bonds. The van der Waals surface area contributed by atoms with Gasteiger partial charge < -0.3 is 13.0 Å². The highest BCUT2D eigenvalue weighted by Gasteiger charge is 2.42. The smallest absolute Gasteiger partial charge is 0.352 e. The van der Waals surface area contributed by atoms with Gasteiger partial charge in [0, 0.05) is 6.61 Å². The van der Waals surface area contributed by atoms with Crippen molar-refractivity contribution >= 4 is 17.1 Å². The van der Waals surface area contributed by atoms with Crippen molar-refractivity contribution in [3.63, 3.8) is 0 Å². The van der Waals surface area contributed by atoms with Crippen molar-refractivity contribution in [1.82, 2.24) is 0 Å². The molecule has 0 saturated heterocycles. The van der Waals surface area contributed by atoms with E-state index < -0.39 is 17.1 Å². The summed E-state index contributed by atoms with van der Waals surface area (Å²) >= 11 is 0. The molecule has 0 fully saturated rings. The Morgan fingerprint density at radius 1 is 0.840 bits per heavy atom. The zero-order valence-corrected chi connectivity index (χ0v) is 19.8. The number of hydrogen-bond donors (Lipinski definition) is 0. The van der Waals surface area contributed by atoms with E-state index >= 15 is 0 Å². The number of unbranched alkanes of at least 4 members (excludes halogenated alkanes) is 4. The average molecular weight is 387 g/mol. The lowest BCUT2D eigenvalue weighted by Crippen LogP contribution is -2.53. The van der Waals surface area contributed by atoms with E-state index in [1.165, 1.54) is 25.7 Å². The van der Waals surface area contributed by atoms with E-state index in [9.17, 15) is 0 Å². The fraction of sp³-hybridized carbons (Fsp3) is 0.800. The second-order valence-corrected chi connectivity index (χ2v) is 14.1. The van der Waals surface area contributed by atoms with Gasteiger partial charge in [-0.1, -0.05) is 71.7 Å². The van der Waals surface area contributed by atoms with Gasteiger partial charge in [0.1, 0.15) is 0 Å². The highest BCUT2D eigenvalue weighted by molar-refractivity contribution is 6.84. The molecule has 3 nitrogen and oxygen atoms in total. The number of rotatable bonds is 15. The third-order valence-corrected chi connectivity index (χ3v) is 10.7. The number of hydrogen-bond acceptors (Lipinski definition) is 3. The fourth-order valence-corrected chi connectivity index (χ4v) is 9.10. The zero-order valence-electron chi connectivity index (χ0n) is 17.8. The van der Waals surface area contributed by atoms with Crippen molar-refractivity contribution in [2.45, 2.75) is 85.9 Å². The Labute approximate surface area is 159 Å². The van der Waals surface area contributed by atoms with E-state index in [2.05, 4.69) is 60.9 Å². The zero-order chi connectivity index (χ0) is 19.5. The monoisotopic (exact) mass is 386 g/mol. The molecule has 0 spiro atoms. The van der Waals surface area contributed by atoms with E-state index in [1.807, 2.05) is 11.4 Å². The normalized spacial score (nSPS) is 16.9. The summed E-state index contributed by atoms with van der Waals surface area (Å²) in [6.07, 6.45) is 6.29. The molecule has 0 saturated carbocycles. The molecule has 2 unspecified atom stereocenters. The summed E-state index contributed by atoms with van der Waals surface area (Å²) in [5.41, 5.74) is 3.75. The standard InChI is InChI=1S/C20H42O3Si2/c1-10-13-14-15-16-17-21-24(8,11-2)23-25(9,12-3)22-20(18(4)5)19(6)7/h11-12,18-20H,2-3,10,13-17H2,1,4-9H3. The average Bonchev–Trinajstić information content (AvgIpc) is 2.55. The molecule has 0 heterocycles. The first-order chi connectivity index (χ1) is 11.6. The van der Waals surface area contributed by atoms with Crippen LogP contribution in [0.1, 0.15) is 66.7 Å². The molecule has 2 atom stereocenters. The van der Waals surface area contributed by atoms with Gasteiger partial charge in [0.2, 0.25) is 0 Å². The Kier molecular flexibility index (Phi) is 12.1. The highest BCUT2D eigenvalue weighted by atomic mass is 28.5. The van der Waals surface area contributed by atoms with E-state index in [4.69, 9.17) is 13.0 Å². The molecule has 0 bridgehead atoms. The van der Waals surface area contributed by atoms with Crippen LogP contribution in [0.4, 0.5) is 0 Å². The molecule has 0 radical (unpaired) electrons. The Morgan fingerprint density at radius 3 is 1.80 bits per heavy atom. The van der Waals surface area contributed by atoms with Gasteiger partial charge in [-0.3, -0.25) is 0 Å².